The fourth-order valence-corrected chi connectivity index (χ4v) is 7.09. The second-order valence-electron chi connectivity index (χ2n) is 10.8. The van der Waals surface area contributed by atoms with Crippen molar-refractivity contribution in [1.29, 1.82) is 0 Å². The molecule has 30 heavy (non-hydrogen) atoms. The third-order valence-electron chi connectivity index (χ3n) is 8.99. The van der Waals surface area contributed by atoms with Gasteiger partial charge in [0, 0.05) is 36.5 Å². The number of nitrogens with zero attached hydrogens (tertiary/aromatic N) is 3. The normalized spacial score (nSPS) is 34.9. The van der Waals surface area contributed by atoms with Crippen molar-refractivity contribution in [2.75, 3.05) is 13.1 Å². The SMILES string of the molecule is Cc1nn(C2CC2)c2c1C[C@@]1(O)[C@H]3Cc4ccc(O)cc4[C@@]1(CCN3CC1CC1)C2. The van der Waals surface area contributed by atoms with Gasteiger partial charge in [0.25, 0.3) is 0 Å². The zero-order valence-corrected chi connectivity index (χ0v) is 17.8. The molecule has 7 rings (SSSR count). The number of aryl methyl sites for hydroxylation is 1. The van der Waals surface area contributed by atoms with Crippen LogP contribution in [0.15, 0.2) is 18.2 Å². The molecule has 2 heterocycles. The maximum absolute atomic E-state index is 12.6. The fourth-order valence-electron chi connectivity index (χ4n) is 7.09. The number of piperidine rings is 1. The lowest BCUT2D eigenvalue weighted by Gasteiger charge is -2.63. The van der Waals surface area contributed by atoms with E-state index in [4.69, 9.17) is 5.10 Å². The van der Waals surface area contributed by atoms with Gasteiger partial charge < -0.3 is 10.2 Å². The summed E-state index contributed by atoms with van der Waals surface area (Å²) in [5.74, 6) is 1.14. The maximum Gasteiger partial charge on any atom is 0.115 e. The van der Waals surface area contributed by atoms with E-state index in [1.807, 2.05) is 12.1 Å². The van der Waals surface area contributed by atoms with Gasteiger partial charge in [-0.25, -0.2) is 0 Å². The van der Waals surface area contributed by atoms with E-state index in [0.717, 1.165) is 44.0 Å². The molecule has 158 valence electrons. The second-order valence-corrected chi connectivity index (χ2v) is 10.8. The summed E-state index contributed by atoms with van der Waals surface area (Å²) in [5.41, 5.74) is 5.15. The van der Waals surface area contributed by atoms with Crippen LogP contribution < -0.4 is 0 Å². The number of benzene rings is 1. The summed E-state index contributed by atoms with van der Waals surface area (Å²) in [6.45, 7) is 4.30. The van der Waals surface area contributed by atoms with Crippen molar-refractivity contribution >= 4 is 0 Å². The van der Waals surface area contributed by atoms with Crippen molar-refractivity contribution in [2.45, 2.75) is 81.4 Å². The number of likely N-dealkylation sites (tertiary alicyclic amines) is 1. The van der Waals surface area contributed by atoms with E-state index in [2.05, 4.69) is 22.6 Å². The van der Waals surface area contributed by atoms with Crippen molar-refractivity contribution in [2.24, 2.45) is 5.92 Å². The Morgan fingerprint density at radius 2 is 2.00 bits per heavy atom. The van der Waals surface area contributed by atoms with Crippen molar-refractivity contribution in [1.82, 2.24) is 14.7 Å². The molecule has 0 amide bonds. The van der Waals surface area contributed by atoms with Gasteiger partial charge in [-0.2, -0.15) is 5.10 Å². The summed E-state index contributed by atoms with van der Waals surface area (Å²) < 4.78 is 2.29. The highest BCUT2D eigenvalue weighted by Gasteiger charge is 2.65. The molecule has 3 atom stereocenters. The van der Waals surface area contributed by atoms with Crippen LogP contribution in [0, 0.1) is 12.8 Å². The van der Waals surface area contributed by atoms with Crippen molar-refractivity contribution < 1.29 is 10.2 Å². The predicted octanol–water partition coefficient (Wildman–Crippen LogP) is 3.04. The molecule has 0 spiro atoms. The number of rotatable bonds is 3. The fraction of sp³-hybridized carbons (Fsp3) is 0.640. The lowest BCUT2D eigenvalue weighted by molar-refractivity contribution is -0.152. The van der Waals surface area contributed by atoms with E-state index in [0.29, 0.717) is 18.2 Å². The highest BCUT2D eigenvalue weighted by Crippen LogP contribution is 2.58. The van der Waals surface area contributed by atoms with Crippen LogP contribution in [-0.4, -0.2) is 49.6 Å². The van der Waals surface area contributed by atoms with Crippen LogP contribution in [-0.2, 0) is 24.7 Å². The van der Waals surface area contributed by atoms with E-state index >= 15 is 0 Å². The van der Waals surface area contributed by atoms with Gasteiger partial charge in [0.05, 0.1) is 17.3 Å². The first-order valence-electron chi connectivity index (χ1n) is 11.8. The van der Waals surface area contributed by atoms with Gasteiger partial charge in [0.2, 0.25) is 0 Å². The summed E-state index contributed by atoms with van der Waals surface area (Å²) in [4.78, 5) is 2.61. The Morgan fingerprint density at radius 1 is 1.17 bits per heavy atom. The lowest BCUT2D eigenvalue weighted by Crippen LogP contribution is -2.74. The number of phenolic OH excluding ortho intramolecular Hbond substituents is 1. The number of fused-ring (bicyclic) bond motifs is 2. The van der Waals surface area contributed by atoms with Crippen LogP contribution in [0.25, 0.3) is 0 Å². The highest BCUT2D eigenvalue weighted by atomic mass is 16.3. The molecule has 0 unspecified atom stereocenters. The zero-order chi connectivity index (χ0) is 20.3. The number of aromatic hydroxyl groups is 1. The monoisotopic (exact) mass is 405 g/mol. The molecular formula is C25H31N3O2. The molecule has 4 aliphatic carbocycles. The molecule has 2 aromatic rings. The quantitative estimate of drug-likeness (QED) is 0.824. The predicted molar refractivity (Wildman–Crippen MR) is 114 cm³/mol. The van der Waals surface area contributed by atoms with E-state index in [-0.39, 0.29) is 11.5 Å². The third-order valence-corrected chi connectivity index (χ3v) is 8.99. The summed E-state index contributed by atoms with van der Waals surface area (Å²) in [5, 5.41) is 27.9. The molecule has 5 heteroatoms. The molecule has 2 bridgehead atoms. The van der Waals surface area contributed by atoms with Gasteiger partial charge in [0.15, 0.2) is 0 Å². The van der Waals surface area contributed by atoms with Crippen molar-refractivity contribution in [3.05, 3.63) is 46.3 Å². The Bertz CT molecular complexity index is 1050. The van der Waals surface area contributed by atoms with Crippen LogP contribution in [0.3, 0.4) is 0 Å². The average Bonchev–Trinajstić information content (AvgIpc) is 3.63. The molecule has 3 fully saturated rings. The van der Waals surface area contributed by atoms with Gasteiger partial charge in [-0.15, -0.1) is 0 Å². The lowest BCUT2D eigenvalue weighted by atomic mass is 9.49. The Kier molecular flexibility index (Phi) is 3.37. The Hall–Kier alpha value is -1.85. The van der Waals surface area contributed by atoms with Gasteiger partial charge in [0.1, 0.15) is 5.75 Å². The molecule has 2 saturated carbocycles. The van der Waals surface area contributed by atoms with E-state index in [9.17, 15) is 10.2 Å². The molecule has 1 aromatic carbocycles. The first kappa shape index (κ1) is 17.8. The molecule has 1 saturated heterocycles. The minimum absolute atomic E-state index is 0.153. The van der Waals surface area contributed by atoms with Crippen molar-refractivity contribution in [3.8, 4) is 5.75 Å². The standard InChI is InChI=1S/C25H31N3O2/c1-15-20-12-25(30)23-10-17-4-7-19(29)11-21(17)24(25,8-9-27(23)14-16-2-3-16)13-22(20)28(26-15)18-5-6-18/h4,7,11,16,18,23,29-30H,2-3,5-6,8-10,12-14H2,1H3/t23-,24-,25-/m1/s1. The molecule has 5 aliphatic rings. The van der Waals surface area contributed by atoms with Gasteiger partial charge in [-0.05, 0) is 86.7 Å². The van der Waals surface area contributed by atoms with Gasteiger partial charge in [-0.3, -0.25) is 9.58 Å². The van der Waals surface area contributed by atoms with Gasteiger partial charge in [-0.1, -0.05) is 6.07 Å². The Morgan fingerprint density at radius 3 is 2.77 bits per heavy atom. The molecule has 2 N–H and O–H groups in total. The molecule has 0 radical (unpaired) electrons. The van der Waals surface area contributed by atoms with Crippen LogP contribution in [0.5, 0.6) is 5.75 Å². The minimum atomic E-state index is -0.796. The minimum Gasteiger partial charge on any atom is -0.508 e. The number of aliphatic hydroxyl groups is 1. The number of hydrogen-bond acceptors (Lipinski definition) is 4. The third kappa shape index (κ3) is 2.23. The van der Waals surface area contributed by atoms with E-state index < -0.39 is 5.60 Å². The van der Waals surface area contributed by atoms with Crippen LogP contribution in [0.1, 0.15) is 66.2 Å². The van der Waals surface area contributed by atoms with E-state index in [1.165, 1.54) is 48.1 Å². The number of aromatic nitrogens is 2. The second kappa shape index (κ2) is 5.68. The summed E-state index contributed by atoms with van der Waals surface area (Å²) >= 11 is 0. The molecule has 1 aromatic heterocycles. The average molecular weight is 406 g/mol. The van der Waals surface area contributed by atoms with Gasteiger partial charge >= 0.3 is 0 Å². The molecule has 1 aliphatic heterocycles. The Labute approximate surface area is 177 Å². The van der Waals surface area contributed by atoms with Crippen LogP contribution >= 0.6 is 0 Å². The summed E-state index contributed by atoms with van der Waals surface area (Å²) in [7, 11) is 0. The summed E-state index contributed by atoms with van der Waals surface area (Å²) in [6, 6.07) is 6.60. The van der Waals surface area contributed by atoms with E-state index in [1.54, 1.807) is 0 Å². The number of phenols is 1. The molecular weight excluding hydrogens is 374 g/mol. The maximum atomic E-state index is 12.6. The molecule has 5 nitrogen and oxygen atoms in total. The van der Waals surface area contributed by atoms with Crippen molar-refractivity contribution in [3.63, 3.8) is 0 Å². The van der Waals surface area contributed by atoms with Crippen LogP contribution in [0.2, 0.25) is 0 Å². The largest absolute Gasteiger partial charge is 0.508 e. The Balaban J connectivity index is 1.43. The zero-order valence-electron chi connectivity index (χ0n) is 17.8. The smallest absolute Gasteiger partial charge is 0.115 e. The topological polar surface area (TPSA) is 61.5 Å². The number of hydrogen-bond donors (Lipinski definition) is 2. The summed E-state index contributed by atoms with van der Waals surface area (Å²) in [6.07, 6.45) is 8.51. The first-order chi connectivity index (χ1) is 14.5. The van der Waals surface area contributed by atoms with Crippen LogP contribution in [0.4, 0.5) is 0 Å². The highest BCUT2D eigenvalue weighted by molar-refractivity contribution is 5.52. The first-order valence-corrected chi connectivity index (χ1v) is 11.8.